The van der Waals surface area contributed by atoms with Crippen molar-refractivity contribution in [3.05, 3.63) is 33.9 Å². The van der Waals surface area contributed by atoms with Gasteiger partial charge in [-0.15, -0.1) is 4.36 Å². The molecule has 0 aliphatic heterocycles. The van der Waals surface area contributed by atoms with Crippen LogP contribution in [0, 0.1) is 10.8 Å². The maximum atomic E-state index is 13.0. The van der Waals surface area contributed by atoms with Crippen molar-refractivity contribution < 1.29 is 9.00 Å². The van der Waals surface area contributed by atoms with E-state index in [0.717, 1.165) is 51.5 Å². The highest BCUT2D eigenvalue weighted by atomic mass is 32.2. The number of benzene rings is 1. The van der Waals surface area contributed by atoms with Crippen molar-refractivity contribution in [1.29, 1.82) is 0 Å². The van der Waals surface area contributed by atoms with Gasteiger partial charge in [-0.1, -0.05) is 6.07 Å². The Morgan fingerprint density at radius 2 is 1.66 bits per heavy atom. The Balaban J connectivity index is 1.30. The fourth-order valence-electron chi connectivity index (χ4n) is 7.20. The Bertz CT molecular complexity index is 952. The molecule has 0 spiro atoms. The summed E-state index contributed by atoms with van der Waals surface area (Å²) >= 11 is 0. The van der Waals surface area contributed by atoms with Gasteiger partial charge in [0.2, 0.25) is 0 Å². The van der Waals surface area contributed by atoms with E-state index in [9.17, 15) is 9.00 Å². The van der Waals surface area contributed by atoms with Crippen LogP contribution in [0.3, 0.4) is 0 Å². The SMILES string of the molecule is CN(C)CC12CC(CS(N)(=O)=NC(=O)Cc3c4c(cc5c3CCC5)CCC4)(C1)C2. The molecule has 158 valence electrons. The molecule has 5 aliphatic carbocycles. The topological polar surface area (TPSA) is 75.8 Å². The number of carbonyl (C=O) groups excluding carboxylic acids is 1. The summed E-state index contributed by atoms with van der Waals surface area (Å²) in [6.07, 6.45) is 10.2. The third-order valence-electron chi connectivity index (χ3n) is 7.60. The lowest BCUT2D eigenvalue weighted by atomic mass is 9.36. The van der Waals surface area contributed by atoms with Gasteiger partial charge >= 0.3 is 0 Å². The van der Waals surface area contributed by atoms with Crippen LogP contribution in [0.15, 0.2) is 10.4 Å². The quantitative estimate of drug-likeness (QED) is 0.776. The van der Waals surface area contributed by atoms with Crippen LogP contribution in [0.25, 0.3) is 0 Å². The lowest BCUT2D eigenvalue weighted by molar-refractivity contribution is -0.194. The Kier molecular flexibility index (Phi) is 4.50. The summed E-state index contributed by atoms with van der Waals surface area (Å²) in [5, 5.41) is 6.09. The minimum Gasteiger partial charge on any atom is -0.309 e. The number of nitrogens with zero attached hydrogens (tertiary/aromatic N) is 2. The van der Waals surface area contributed by atoms with E-state index >= 15 is 0 Å². The summed E-state index contributed by atoms with van der Waals surface area (Å²) in [5.74, 6) is 0.0906. The molecule has 0 heterocycles. The molecule has 1 amide bonds. The summed E-state index contributed by atoms with van der Waals surface area (Å²) < 4.78 is 17.1. The first kappa shape index (κ1) is 19.7. The number of rotatable bonds is 6. The molecule has 1 aromatic rings. The molecule has 2 bridgehead atoms. The van der Waals surface area contributed by atoms with Crippen LogP contribution in [0.2, 0.25) is 0 Å². The highest BCUT2D eigenvalue weighted by Crippen LogP contribution is 2.73. The first-order valence-electron chi connectivity index (χ1n) is 11.0. The second-order valence-electron chi connectivity index (χ2n) is 10.6. The highest BCUT2D eigenvalue weighted by molar-refractivity contribution is 7.91. The summed E-state index contributed by atoms with van der Waals surface area (Å²) in [7, 11) is 1.25. The maximum absolute atomic E-state index is 13.0. The van der Waals surface area contributed by atoms with Crippen LogP contribution in [-0.4, -0.2) is 41.4 Å². The average molecular weight is 416 g/mol. The molecule has 5 nitrogen and oxygen atoms in total. The third kappa shape index (κ3) is 3.47. The minimum atomic E-state index is -2.95. The third-order valence-corrected chi connectivity index (χ3v) is 9.14. The predicted molar refractivity (Wildman–Crippen MR) is 116 cm³/mol. The lowest BCUT2D eigenvalue weighted by Crippen LogP contribution is -2.67. The number of hydrogen-bond donors (Lipinski definition) is 1. The van der Waals surface area contributed by atoms with E-state index in [2.05, 4.69) is 29.4 Å². The fourth-order valence-corrected chi connectivity index (χ4v) is 8.85. The first-order chi connectivity index (χ1) is 13.7. The van der Waals surface area contributed by atoms with Gasteiger partial charge in [0, 0.05) is 6.54 Å². The van der Waals surface area contributed by atoms with E-state index < -0.39 is 9.92 Å². The van der Waals surface area contributed by atoms with Crippen LogP contribution in [0.4, 0.5) is 0 Å². The Labute approximate surface area is 174 Å². The summed E-state index contributed by atoms with van der Waals surface area (Å²) in [6.45, 7) is 1.08. The van der Waals surface area contributed by atoms with Gasteiger partial charge in [-0.3, -0.25) is 4.79 Å². The zero-order valence-corrected chi connectivity index (χ0v) is 18.6. The molecular formula is C23H33N3O2S. The van der Waals surface area contributed by atoms with E-state index in [0.29, 0.717) is 11.2 Å². The van der Waals surface area contributed by atoms with Crippen molar-refractivity contribution in [2.75, 3.05) is 26.4 Å². The molecule has 1 atom stereocenters. The second kappa shape index (κ2) is 6.63. The van der Waals surface area contributed by atoms with E-state index in [-0.39, 0.29) is 17.7 Å². The molecule has 1 aromatic carbocycles. The number of aryl methyl sites for hydroxylation is 2. The van der Waals surface area contributed by atoms with Crippen molar-refractivity contribution in [2.45, 2.75) is 64.2 Å². The normalized spacial score (nSPS) is 30.9. The Morgan fingerprint density at radius 3 is 2.21 bits per heavy atom. The van der Waals surface area contributed by atoms with Crippen molar-refractivity contribution in [3.8, 4) is 0 Å². The summed E-state index contributed by atoms with van der Waals surface area (Å²) in [6, 6.07) is 2.37. The molecule has 29 heavy (non-hydrogen) atoms. The standard InChI is InChI=1S/C23H33N3O2S/c1-26(2)14-22-11-23(12-22,13-22)15-29(24,28)25-21(27)10-20-18-7-3-5-16(18)9-17-6-4-8-19(17)20/h9H,3-8,10-15H2,1-2H3,(H2,24,25,27,28). The number of hydrogen-bond acceptors (Lipinski definition) is 3. The predicted octanol–water partition coefficient (Wildman–Crippen LogP) is 2.81. The summed E-state index contributed by atoms with van der Waals surface area (Å²) in [4.78, 5) is 15.0. The van der Waals surface area contributed by atoms with Gasteiger partial charge in [0.1, 0.15) is 9.92 Å². The Morgan fingerprint density at radius 1 is 1.07 bits per heavy atom. The second-order valence-corrected chi connectivity index (χ2v) is 12.5. The highest BCUT2D eigenvalue weighted by Gasteiger charge is 2.67. The monoisotopic (exact) mass is 415 g/mol. The van der Waals surface area contributed by atoms with Gasteiger partial charge in [0.05, 0.1) is 12.2 Å². The molecule has 5 aliphatic rings. The van der Waals surface area contributed by atoms with Crippen LogP contribution >= 0.6 is 0 Å². The van der Waals surface area contributed by atoms with Crippen molar-refractivity contribution >= 4 is 15.8 Å². The van der Waals surface area contributed by atoms with Gasteiger partial charge in [-0.2, -0.15) is 0 Å². The van der Waals surface area contributed by atoms with Crippen molar-refractivity contribution in [1.82, 2.24) is 4.90 Å². The van der Waals surface area contributed by atoms with Crippen molar-refractivity contribution in [2.24, 2.45) is 20.3 Å². The Hall–Kier alpha value is -1.24. The minimum absolute atomic E-state index is 0.0703. The fraction of sp³-hybridized carbons (Fsp3) is 0.696. The number of fused-ring (bicyclic) bond motifs is 2. The van der Waals surface area contributed by atoms with Crippen LogP contribution in [0.1, 0.15) is 59.9 Å². The average Bonchev–Trinajstić information content (AvgIpc) is 3.18. The van der Waals surface area contributed by atoms with Gasteiger partial charge in [0.25, 0.3) is 5.91 Å². The first-order valence-corrected chi connectivity index (χ1v) is 12.8. The molecule has 0 aromatic heterocycles. The van der Waals surface area contributed by atoms with E-state index in [1.807, 2.05) is 0 Å². The zero-order chi connectivity index (χ0) is 20.4. The molecule has 1 unspecified atom stereocenters. The number of carbonyl (C=O) groups is 1. The molecule has 3 saturated carbocycles. The van der Waals surface area contributed by atoms with Gasteiger partial charge in [-0.25, -0.2) is 9.35 Å². The molecule has 3 fully saturated rings. The lowest BCUT2D eigenvalue weighted by Gasteiger charge is -2.71. The van der Waals surface area contributed by atoms with Gasteiger partial charge < -0.3 is 4.90 Å². The van der Waals surface area contributed by atoms with E-state index in [1.165, 1.54) is 40.7 Å². The van der Waals surface area contributed by atoms with Gasteiger partial charge in [0.15, 0.2) is 0 Å². The van der Waals surface area contributed by atoms with E-state index in [1.54, 1.807) is 0 Å². The molecule has 0 radical (unpaired) electrons. The smallest absolute Gasteiger partial charge is 0.259 e. The van der Waals surface area contributed by atoms with Crippen LogP contribution in [0.5, 0.6) is 0 Å². The maximum Gasteiger partial charge on any atom is 0.259 e. The van der Waals surface area contributed by atoms with Gasteiger partial charge in [-0.05, 0) is 111 Å². The molecule has 6 rings (SSSR count). The van der Waals surface area contributed by atoms with E-state index in [4.69, 9.17) is 5.14 Å². The van der Waals surface area contributed by atoms with Crippen LogP contribution in [-0.2, 0) is 46.8 Å². The zero-order valence-electron chi connectivity index (χ0n) is 17.8. The number of nitrogens with two attached hydrogens (primary N) is 1. The molecular weight excluding hydrogens is 382 g/mol. The molecule has 0 saturated heterocycles. The number of amides is 1. The summed E-state index contributed by atoms with van der Waals surface area (Å²) in [5.41, 5.74) is 7.22. The van der Waals surface area contributed by atoms with Crippen LogP contribution < -0.4 is 5.14 Å². The van der Waals surface area contributed by atoms with Crippen molar-refractivity contribution in [3.63, 3.8) is 0 Å². The largest absolute Gasteiger partial charge is 0.309 e. The molecule has 2 N–H and O–H groups in total. The molecule has 6 heteroatoms.